The Balaban J connectivity index is 1.73. The summed E-state index contributed by atoms with van der Waals surface area (Å²) in [6, 6.07) is 3.07. The largest absolute Gasteiger partial charge is 0.379 e. The molecule has 134 valence electrons. The molecule has 1 N–H and O–H groups in total. The highest BCUT2D eigenvalue weighted by atomic mass is 32.1. The first kappa shape index (κ1) is 17.5. The van der Waals surface area contributed by atoms with Gasteiger partial charge >= 0.3 is 0 Å². The van der Waals surface area contributed by atoms with Crippen LogP contribution in [0.15, 0.2) is 18.3 Å². The molecule has 0 spiro atoms. The number of nitrogens with one attached hydrogen (secondary N) is 1. The molecule has 25 heavy (non-hydrogen) atoms. The number of ether oxygens (including phenoxy) is 1. The lowest BCUT2D eigenvalue weighted by atomic mass is 10.3. The van der Waals surface area contributed by atoms with E-state index in [-0.39, 0.29) is 17.3 Å². The number of nitro groups is 1. The van der Waals surface area contributed by atoms with Gasteiger partial charge in [-0.15, -0.1) is 0 Å². The van der Waals surface area contributed by atoms with Crippen molar-refractivity contribution in [2.75, 3.05) is 38.2 Å². The van der Waals surface area contributed by atoms with Gasteiger partial charge in [-0.3, -0.25) is 19.8 Å². The monoisotopic (exact) mass is 365 g/mol. The predicted octanol–water partition coefficient (Wildman–Crippen LogP) is 1.75. The lowest BCUT2D eigenvalue weighted by Crippen LogP contribution is -2.38. The molecule has 0 radical (unpaired) electrons. The lowest BCUT2D eigenvalue weighted by Gasteiger charge is -2.26. The van der Waals surface area contributed by atoms with Crippen molar-refractivity contribution in [3.05, 3.63) is 39.8 Å². The predicted molar refractivity (Wildman–Crippen MR) is 93.1 cm³/mol. The fourth-order valence-electron chi connectivity index (χ4n) is 2.64. The summed E-state index contributed by atoms with van der Waals surface area (Å²) in [5.74, 6) is -0.376. The molecule has 0 saturated carbocycles. The van der Waals surface area contributed by atoms with E-state index in [4.69, 9.17) is 4.74 Å². The Morgan fingerprint density at radius 3 is 2.80 bits per heavy atom. The molecule has 1 amide bonds. The van der Waals surface area contributed by atoms with Gasteiger partial charge in [-0.05, 0) is 24.5 Å². The molecule has 0 atom stereocenters. The number of carbonyl (C=O) groups excluding carboxylic acids is 1. The second-order valence-electron chi connectivity index (χ2n) is 5.77. The van der Waals surface area contributed by atoms with Crippen molar-refractivity contribution in [3.63, 3.8) is 0 Å². The minimum atomic E-state index is -0.487. The van der Waals surface area contributed by atoms with Gasteiger partial charge in [-0.25, -0.2) is 0 Å². The van der Waals surface area contributed by atoms with Crippen molar-refractivity contribution in [3.8, 4) is 0 Å². The molecule has 10 heteroatoms. The van der Waals surface area contributed by atoms with Crippen molar-refractivity contribution >= 4 is 28.1 Å². The first-order valence-electron chi connectivity index (χ1n) is 7.92. The minimum Gasteiger partial charge on any atom is -0.379 e. The van der Waals surface area contributed by atoms with Crippen LogP contribution in [0.2, 0.25) is 0 Å². The molecule has 1 aliphatic rings. The third-order valence-corrected chi connectivity index (χ3v) is 4.75. The van der Waals surface area contributed by atoms with Crippen LogP contribution in [-0.4, -0.2) is 57.5 Å². The Kier molecular flexibility index (Phi) is 5.41. The average Bonchev–Trinajstić information content (AvgIpc) is 3.20. The third-order valence-electron chi connectivity index (χ3n) is 3.95. The Morgan fingerprint density at radius 1 is 1.40 bits per heavy atom. The van der Waals surface area contributed by atoms with Crippen LogP contribution in [-0.2, 0) is 11.3 Å². The Hall–Kier alpha value is -2.30. The topological polar surface area (TPSA) is 103 Å². The van der Waals surface area contributed by atoms with Crippen molar-refractivity contribution in [1.29, 1.82) is 0 Å². The molecule has 2 aromatic heterocycles. The molecule has 3 heterocycles. The van der Waals surface area contributed by atoms with Crippen LogP contribution in [0.25, 0.3) is 0 Å². The van der Waals surface area contributed by atoms with E-state index in [1.165, 1.54) is 23.8 Å². The van der Waals surface area contributed by atoms with Crippen LogP contribution in [0, 0.1) is 17.0 Å². The van der Waals surface area contributed by atoms with Gasteiger partial charge in [0, 0.05) is 32.2 Å². The molecule has 1 saturated heterocycles. The number of rotatable bonds is 6. The van der Waals surface area contributed by atoms with Crippen molar-refractivity contribution in [2.45, 2.75) is 13.5 Å². The summed E-state index contributed by atoms with van der Waals surface area (Å²) in [6.07, 6.45) is 1.41. The molecule has 0 bridgehead atoms. The molecular formula is C15H19N5O4S. The van der Waals surface area contributed by atoms with Gasteiger partial charge < -0.3 is 14.6 Å². The highest BCUT2D eigenvalue weighted by molar-refractivity contribution is 7.10. The second kappa shape index (κ2) is 7.72. The number of anilines is 1. The summed E-state index contributed by atoms with van der Waals surface area (Å²) < 4.78 is 11.1. The fraction of sp³-hybridized carbons (Fsp3) is 0.467. The maximum absolute atomic E-state index is 12.5. The number of aryl methyl sites for hydroxylation is 1. The quantitative estimate of drug-likeness (QED) is 0.618. The van der Waals surface area contributed by atoms with Gasteiger partial charge in [0.05, 0.1) is 30.0 Å². The van der Waals surface area contributed by atoms with E-state index in [1.807, 2.05) is 6.92 Å². The Bertz CT molecular complexity index is 766. The van der Waals surface area contributed by atoms with Crippen LogP contribution >= 0.6 is 11.5 Å². The minimum absolute atomic E-state index is 0.0902. The van der Waals surface area contributed by atoms with E-state index < -0.39 is 4.92 Å². The number of nitrogens with zero attached hydrogens (tertiary/aromatic N) is 4. The lowest BCUT2D eigenvalue weighted by molar-refractivity contribution is -0.384. The Morgan fingerprint density at radius 2 is 2.16 bits per heavy atom. The first-order chi connectivity index (χ1) is 12.0. The van der Waals surface area contributed by atoms with Crippen molar-refractivity contribution in [1.82, 2.24) is 13.8 Å². The molecule has 1 fully saturated rings. The molecule has 0 unspecified atom stereocenters. The normalized spacial score (nSPS) is 15.2. The summed E-state index contributed by atoms with van der Waals surface area (Å²) in [4.78, 5) is 25.3. The van der Waals surface area contributed by atoms with Crippen LogP contribution < -0.4 is 5.32 Å². The summed E-state index contributed by atoms with van der Waals surface area (Å²) in [5.41, 5.74) is 0.993. The second-order valence-corrected chi connectivity index (χ2v) is 6.58. The summed E-state index contributed by atoms with van der Waals surface area (Å²) in [7, 11) is 0. The fourth-order valence-corrected chi connectivity index (χ4v) is 3.30. The molecule has 0 aromatic carbocycles. The number of amides is 1. The van der Waals surface area contributed by atoms with E-state index in [0.717, 1.165) is 18.8 Å². The SMILES string of the molecule is Cc1cc(NC(=O)c2cc([N+](=O)[O-])cn2CCN2CCOCC2)sn1. The van der Waals surface area contributed by atoms with E-state index in [1.54, 1.807) is 10.6 Å². The zero-order valence-corrected chi connectivity index (χ0v) is 14.6. The zero-order valence-electron chi connectivity index (χ0n) is 13.8. The first-order valence-corrected chi connectivity index (χ1v) is 8.69. The van der Waals surface area contributed by atoms with E-state index in [0.29, 0.717) is 31.3 Å². The van der Waals surface area contributed by atoms with Crippen molar-refractivity contribution in [2.24, 2.45) is 0 Å². The van der Waals surface area contributed by atoms with E-state index >= 15 is 0 Å². The van der Waals surface area contributed by atoms with E-state index in [2.05, 4.69) is 14.6 Å². The molecule has 0 aliphatic carbocycles. The van der Waals surface area contributed by atoms with Crippen LogP contribution in [0.5, 0.6) is 0 Å². The zero-order chi connectivity index (χ0) is 17.8. The van der Waals surface area contributed by atoms with Gasteiger partial charge in [0.2, 0.25) is 0 Å². The maximum atomic E-state index is 12.5. The highest BCUT2D eigenvalue weighted by Gasteiger charge is 2.21. The number of hydrogen-bond acceptors (Lipinski definition) is 7. The molecule has 3 rings (SSSR count). The van der Waals surface area contributed by atoms with Crippen LogP contribution in [0.3, 0.4) is 0 Å². The average molecular weight is 365 g/mol. The van der Waals surface area contributed by atoms with Crippen LogP contribution in [0.1, 0.15) is 16.2 Å². The molecule has 9 nitrogen and oxygen atoms in total. The number of morpholine rings is 1. The van der Waals surface area contributed by atoms with Crippen molar-refractivity contribution < 1.29 is 14.5 Å². The number of carbonyl (C=O) groups is 1. The Labute approximate surface area is 148 Å². The third kappa shape index (κ3) is 4.41. The smallest absolute Gasteiger partial charge is 0.287 e. The van der Waals surface area contributed by atoms with Crippen LogP contribution in [0.4, 0.5) is 10.7 Å². The number of aromatic nitrogens is 2. The molecular weight excluding hydrogens is 346 g/mol. The summed E-state index contributed by atoms with van der Waals surface area (Å²) >= 11 is 1.18. The molecule has 1 aliphatic heterocycles. The van der Waals surface area contributed by atoms with Gasteiger partial charge in [0.1, 0.15) is 10.7 Å². The van der Waals surface area contributed by atoms with E-state index in [9.17, 15) is 14.9 Å². The highest BCUT2D eigenvalue weighted by Crippen LogP contribution is 2.20. The van der Waals surface area contributed by atoms with Gasteiger partial charge in [0.15, 0.2) is 0 Å². The maximum Gasteiger partial charge on any atom is 0.287 e. The molecule has 2 aromatic rings. The van der Waals surface area contributed by atoms with Gasteiger partial charge in [-0.2, -0.15) is 4.37 Å². The van der Waals surface area contributed by atoms with Gasteiger partial charge in [-0.1, -0.05) is 0 Å². The number of hydrogen-bond donors (Lipinski definition) is 1. The summed E-state index contributed by atoms with van der Waals surface area (Å²) in [5, 5.41) is 14.4. The van der Waals surface area contributed by atoms with Gasteiger partial charge in [0.25, 0.3) is 11.6 Å². The summed E-state index contributed by atoms with van der Waals surface area (Å²) in [6.45, 7) is 6.05. The standard InChI is InChI=1S/C15H19N5O4S/c1-11-8-14(25-17-11)16-15(21)13-9-12(20(22)23)10-19(13)3-2-18-4-6-24-7-5-18/h8-10H,2-7H2,1H3,(H,16,21).